The number of carbonyl (C=O) groups is 2. The molecule has 0 bridgehead atoms. The zero-order valence-electron chi connectivity index (χ0n) is 20.0. The largest absolute Gasteiger partial charge is 0.415 e. The Bertz CT molecular complexity index is 886. The van der Waals surface area contributed by atoms with Crippen molar-refractivity contribution in [3.8, 4) is 5.75 Å². The Morgan fingerprint density at radius 3 is 2.39 bits per heavy atom. The molecular weight excluding hydrogens is 416 g/mol. The highest BCUT2D eigenvalue weighted by molar-refractivity contribution is 5.94. The Labute approximate surface area is 197 Å². The van der Waals surface area contributed by atoms with E-state index in [0.29, 0.717) is 30.9 Å². The standard InChI is InChI=1S/C26H36N4O3/c1-26(2,3)13-15-28-24(31)21-9-11-23(12-10-21)33-25(32)30-19-17-29(18-20-30)16-6-8-22-7-4-5-14-27-22/h4-5,7,9-12,14H,6,8,13,15-20H2,1-3H3,(H,28,31). The third-order valence-corrected chi connectivity index (χ3v) is 5.75. The van der Waals surface area contributed by atoms with Crippen LogP contribution < -0.4 is 10.1 Å². The van der Waals surface area contributed by atoms with Gasteiger partial charge >= 0.3 is 6.09 Å². The average Bonchev–Trinajstić information content (AvgIpc) is 2.80. The van der Waals surface area contributed by atoms with Crippen LogP contribution in [0.3, 0.4) is 0 Å². The van der Waals surface area contributed by atoms with E-state index in [1.807, 2.05) is 18.3 Å². The molecule has 7 nitrogen and oxygen atoms in total. The van der Waals surface area contributed by atoms with Crippen molar-refractivity contribution in [3.05, 3.63) is 59.9 Å². The number of amides is 2. The number of nitrogens with one attached hydrogen (secondary N) is 1. The molecule has 0 spiro atoms. The number of carbonyl (C=O) groups excluding carboxylic acids is 2. The summed E-state index contributed by atoms with van der Waals surface area (Å²) >= 11 is 0. The van der Waals surface area contributed by atoms with Gasteiger partial charge in [-0.05, 0) is 67.6 Å². The second kappa shape index (κ2) is 11.8. The van der Waals surface area contributed by atoms with E-state index in [0.717, 1.165) is 44.6 Å². The van der Waals surface area contributed by atoms with Crippen molar-refractivity contribution in [2.75, 3.05) is 39.3 Å². The van der Waals surface area contributed by atoms with Gasteiger partial charge in [-0.1, -0.05) is 26.8 Å². The molecule has 1 fully saturated rings. The zero-order valence-corrected chi connectivity index (χ0v) is 20.0. The number of aryl methyl sites for hydroxylation is 1. The minimum Gasteiger partial charge on any atom is -0.410 e. The molecule has 0 radical (unpaired) electrons. The molecule has 3 rings (SSSR count). The SMILES string of the molecule is CC(C)(C)CCNC(=O)c1ccc(OC(=O)N2CCN(CCCc3ccccn3)CC2)cc1. The van der Waals surface area contributed by atoms with E-state index in [-0.39, 0.29) is 17.4 Å². The Morgan fingerprint density at radius 2 is 1.76 bits per heavy atom. The van der Waals surface area contributed by atoms with Crippen LogP contribution in [0.5, 0.6) is 5.75 Å². The lowest BCUT2D eigenvalue weighted by Crippen LogP contribution is -2.49. The van der Waals surface area contributed by atoms with Gasteiger partial charge in [0.15, 0.2) is 0 Å². The maximum atomic E-state index is 12.5. The predicted octanol–water partition coefficient (Wildman–Crippen LogP) is 4.00. The summed E-state index contributed by atoms with van der Waals surface area (Å²) in [5, 5.41) is 2.93. The van der Waals surface area contributed by atoms with Crippen molar-refractivity contribution in [1.82, 2.24) is 20.1 Å². The summed E-state index contributed by atoms with van der Waals surface area (Å²) in [6.07, 6.45) is 4.42. The fraction of sp³-hybridized carbons (Fsp3) is 0.500. The Balaban J connectivity index is 1.36. The number of aromatic nitrogens is 1. The second-order valence-electron chi connectivity index (χ2n) is 9.71. The van der Waals surface area contributed by atoms with Crippen LogP contribution in [0.25, 0.3) is 0 Å². The number of nitrogens with zero attached hydrogens (tertiary/aromatic N) is 3. The number of pyridine rings is 1. The molecule has 2 amide bonds. The van der Waals surface area contributed by atoms with E-state index >= 15 is 0 Å². The number of hydrogen-bond donors (Lipinski definition) is 1. The quantitative estimate of drug-likeness (QED) is 0.655. The third-order valence-electron chi connectivity index (χ3n) is 5.75. The summed E-state index contributed by atoms with van der Waals surface area (Å²) in [6.45, 7) is 11.0. The first kappa shape index (κ1) is 24.7. The Hall–Kier alpha value is -2.93. The number of ether oxygens (including phenoxy) is 1. The van der Waals surface area contributed by atoms with Gasteiger partial charge in [-0.25, -0.2) is 4.79 Å². The first-order valence-corrected chi connectivity index (χ1v) is 11.8. The number of hydrogen-bond acceptors (Lipinski definition) is 5. The van der Waals surface area contributed by atoms with E-state index < -0.39 is 0 Å². The molecule has 7 heteroatoms. The third kappa shape index (κ3) is 8.50. The molecular formula is C26H36N4O3. The summed E-state index contributed by atoms with van der Waals surface area (Å²) in [4.78, 5) is 33.3. The van der Waals surface area contributed by atoms with Gasteiger partial charge < -0.3 is 15.0 Å². The molecule has 1 N–H and O–H groups in total. The van der Waals surface area contributed by atoms with Gasteiger partial charge in [0.25, 0.3) is 5.91 Å². The smallest absolute Gasteiger partial charge is 0.410 e. The second-order valence-corrected chi connectivity index (χ2v) is 9.71. The van der Waals surface area contributed by atoms with Crippen molar-refractivity contribution >= 4 is 12.0 Å². The van der Waals surface area contributed by atoms with Crippen LogP contribution in [0.1, 0.15) is 49.7 Å². The highest BCUT2D eigenvalue weighted by atomic mass is 16.6. The van der Waals surface area contributed by atoms with Crippen LogP contribution >= 0.6 is 0 Å². The monoisotopic (exact) mass is 452 g/mol. The van der Waals surface area contributed by atoms with E-state index in [1.54, 1.807) is 29.2 Å². The topological polar surface area (TPSA) is 74.8 Å². The molecule has 33 heavy (non-hydrogen) atoms. The molecule has 0 unspecified atom stereocenters. The van der Waals surface area contributed by atoms with Crippen LogP contribution in [0.4, 0.5) is 4.79 Å². The fourth-order valence-corrected chi connectivity index (χ4v) is 3.68. The molecule has 1 aliphatic rings. The van der Waals surface area contributed by atoms with E-state index in [4.69, 9.17) is 4.74 Å². The average molecular weight is 453 g/mol. The maximum Gasteiger partial charge on any atom is 0.415 e. The lowest BCUT2D eigenvalue weighted by atomic mass is 9.92. The highest BCUT2D eigenvalue weighted by Gasteiger charge is 2.22. The first-order chi connectivity index (χ1) is 15.8. The van der Waals surface area contributed by atoms with Crippen molar-refractivity contribution in [2.45, 2.75) is 40.0 Å². The van der Waals surface area contributed by atoms with Crippen LogP contribution in [-0.2, 0) is 6.42 Å². The van der Waals surface area contributed by atoms with Gasteiger partial charge in [-0.15, -0.1) is 0 Å². The van der Waals surface area contributed by atoms with E-state index in [9.17, 15) is 9.59 Å². The van der Waals surface area contributed by atoms with E-state index in [1.165, 1.54) is 0 Å². The van der Waals surface area contributed by atoms with Crippen molar-refractivity contribution in [1.29, 1.82) is 0 Å². The molecule has 178 valence electrons. The van der Waals surface area contributed by atoms with Crippen LogP contribution in [0.2, 0.25) is 0 Å². The number of benzene rings is 1. The summed E-state index contributed by atoms with van der Waals surface area (Å²) in [7, 11) is 0. The zero-order chi connectivity index (χ0) is 23.7. The molecule has 1 aromatic heterocycles. The normalized spacial score (nSPS) is 14.7. The number of rotatable bonds is 8. The molecule has 2 aromatic rings. The van der Waals surface area contributed by atoms with Crippen molar-refractivity contribution < 1.29 is 14.3 Å². The minimum atomic E-state index is -0.342. The molecule has 1 aliphatic heterocycles. The van der Waals surface area contributed by atoms with Gasteiger partial charge in [-0.2, -0.15) is 0 Å². The molecule has 1 aromatic carbocycles. The Morgan fingerprint density at radius 1 is 1.03 bits per heavy atom. The lowest BCUT2D eigenvalue weighted by Gasteiger charge is -2.34. The Kier molecular flexibility index (Phi) is 8.83. The molecule has 1 saturated heterocycles. The lowest BCUT2D eigenvalue weighted by molar-refractivity contribution is 0.0949. The van der Waals surface area contributed by atoms with Gasteiger partial charge in [0.2, 0.25) is 0 Å². The maximum absolute atomic E-state index is 12.5. The summed E-state index contributed by atoms with van der Waals surface area (Å²) in [6, 6.07) is 12.7. The van der Waals surface area contributed by atoms with Crippen molar-refractivity contribution in [3.63, 3.8) is 0 Å². The first-order valence-electron chi connectivity index (χ1n) is 11.8. The van der Waals surface area contributed by atoms with Gasteiger partial charge in [0.05, 0.1) is 0 Å². The fourth-order valence-electron chi connectivity index (χ4n) is 3.68. The molecule has 0 saturated carbocycles. The van der Waals surface area contributed by atoms with E-state index in [2.05, 4.69) is 42.0 Å². The van der Waals surface area contributed by atoms with Gasteiger partial charge in [0, 0.05) is 50.2 Å². The van der Waals surface area contributed by atoms with Crippen LogP contribution in [-0.4, -0.2) is 66.1 Å². The summed E-state index contributed by atoms with van der Waals surface area (Å²) in [5.74, 6) is 0.334. The highest BCUT2D eigenvalue weighted by Crippen LogP contribution is 2.18. The van der Waals surface area contributed by atoms with Crippen LogP contribution in [0.15, 0.2) is 48.7 Å². The molecule has 0 aliphatic carbocycles. The van der Waals surface area contributed by atoms with Crippen LogP contribution in [0, 0.1) is 5.41 Å². The summed E-state index contributed by atoms with van der Waals surface area (Å²) < 4.78 is 5.52. The van der Waals surface area contributed by atoms with Gasteiger partial charge in [0.1, 0.15) is 5.75 Å². The van der Waals surface area contributed by atoms with Crippen molar-refractivity contribution in [2.24, 2.45) is 5.41 Å². The molecule has 0 atom stereocenters. The molecule has 2 heterocycles. The van der Waals surface area contributed by atoms with Gasteiger partial charge in [-0.3, -0.25) is 14.7 Å². The minimum absolute atomic E-state index is 0.115. The predicted molar refractivity (Wildman–Crippen MR) is 129 cm³/mol. The number of piperazine rings is 1. The summed E-state index contributed by atoms with van der Waals surface area (Å²) in [5.41, 5.74) is 1.85.